The first-order valence-corrected chi connectivity index (χ1v) is 5.89. The molecule has 0 bridgehead atoms. The summed E-state index contributed by atoms with van der Waals surface area (Å²) in [5, 5.41) is 5.60. The quantitative estimate of drug-likeness (QED) is 0.494. The molecule has 0 aliphatic heterocycles. The number of anilines is 1. The largest absolute Gasteiger partial charge is 0.419 e. The smallest absolute Gasteiger partial charge is 0.416 e. The summed E-state index contributed by atoms with van der Waals surface area (Å²) in [6.45, 7) is 3.21. The summed E-state index contributed by atoms with van der Waals surface area (Å²) in [5.41, 5.74) is 0.442. The van der Waals surface area contributed by atoms with Gasteiger partial charge in [-0.25, -0.2) is 4.79 Å². The molecular formula is C9H9N3O5S. The number of rotatable bonds is 4. The number of ether oxygens (including phenoxy) is 1. The van der Waals surface area contributed by atoms with Crippen molar-refractivity contribution in [2.45, 2.75) is 0 Å². The molecular weight excluding hydrogens is 262 g/mol. The highest BCUT2D eigenvalue weighted by Gasteiger charge is 2.03. The number of amides is 1. The molecule has 2 N–H and O–H groups in total. The molecule has 0 radical (unpaired) electrons. The third-order valence-corrected chi connectivity index (χ3v) is 1.83. The minimum Gasteiger partial charge on any atom is -0.419 e. The highest BCUT2D eigenvalue weighted by atomic mass is 32.2. The molecule has 0 saturated carbocycles. The molecule has 9 heteroatoms. The van der Waals surface area contributed by atoms with Crippen LogP contribution in [0.1, 0.15) is 0 Å². The van der Waals surface area contributed by atoms with Crippen LogP contribution in [0.5, 0.6) is 0 Å². The topological polar surface area (TPSA) is 117 Å². The van der Waals surface area contributed by atoms with Crippen molar-refractivity contribution in [1.29, 1.82) is 0 Å². The van der Waals surface area contributed by atoms with E-state index in [1.165, 1.54) is 24.3 Å². The normalized spacial score (nSPS) is 11.2. The highest BCUT2D eigenvalue weighted by molar-refractivity contribution is 7.84. The predicted octanol–water partition coefficient (Wildman–Crippen LogP) is 2.27. The second kappa shape index (κ2) is 5.89. The maximum atomic E-state index is 11.0. The summed E-state index contributed by atoms with van der Waals surface area (Å²) in [5.74, 6) is 0. The zero-order valence-electron chi connectivity index (χ0n) is 8.98. The van der Waals surface area contributed by atoms with Crippen molar-refractivity contribution in [2.24, 2.45) is 9.63 Å². The average Bonchev–Trinajstić information content (AvgIpc) is 2.26. The first-order chi connectivity index (χ1) is 8.40. The maximum absolute atomic E-state index is 11.0. The number of hydrogen-bond donors (Lipinski definition) is 2. The summed E-state index contributed by atoms with van der Waals surface area (Å²) in [6, 6.07) is 5.79. The SMILES string of the molecule is C=COC(=O)Nc1cccc(/N=N\S(=O)(=O)O)c1. The lowest BCUT2D eigenvalue weighted by Gasteiger charge is -2.03. The van der Waals surface area contributed by atoms with Crippen molar-refractivity contribution in [3.63, 3.8) is 0 Å². The van der Waals surface area contributed by atoms with Gasteiger partial charge in [0.2, 0.25) is 0 Å². The summed E-state index contributed by atoms with van der Waals surface area (Å²) in [4.78, 5) is 11.0. The van der Waals surface area contributed by atoms with Crippen molar-refractivity contribution in [3.05, 3.63) is 37.1 Å². The first kappa shape index (κ1) is 13.8. The van der Waals surface area contributed by atoms with Crippen molar-refractivity contribution >= 4 is 27.8 Å². The fourth-order valence-electron chi connectivity index (χ4n) is 0.968. The summed E-state index contributed by atoms with van der Waals surface area (Å²) < 4.78 is 36.2. The van der Waals surface area contributed by atoms with E-state index in [1.54, 1.807) is 0 Å². The summed E-state index contributed by atoms with van der Waals surface area (Å²) in [6.07, 6.45) is 0.200. The maximum Gasteiger partial charge on any atom is 0.416 e. The average molecular weight is 271 g/mol. The van der Waals surface area contributed by atoms with E-state index < -0.39 is 16.4 Å². The molecule has 1 aromatic rings. The van der Waals surface area contributed by atoms with Gasteiger partial charge < -0.3 is 4.74 Å². The third kappa shape index (κ3) is 5.18. The van der Waals surface area contributed by atoms with E-state index in [0.29, 0.717) is 5.69 Å². The van der Waals surface area contributed by atoms with Crippen LogP contribution in [-0.4, -0.2) is 19.1 Å². The van der Waals surface area contributed by atoms with Gasteiger partial charge in [0.25, 0.3) is 0 Å². The highest BCUT2D eigenvalue weighted by Crippen LogP contribution is 2.18. The Balaban J connectivity index is 2.83. The zero-order valence-corrected chi connectivity index (χ0v) is 9.79. The van der Waals surface area contributed by atoms with Crippen molar-refractivity contribution in [2.75, 3.05) is 5.32 Å². The van der Waals surface area contributed by atoms with Gasteiger partial charge in [-0.05, 0) is 22.7 Å². The molecule has 1 aromatic carbocycles. The molecule has 1 amide bonds. The van der Waals surface area contributed by atoms with Crippen molar-refractivity contribution in [1.82, 2.24) is 0 Å². The number of hydrogen-bond acceptors (Lipinski definition) is 5. The zero-order chi connectivity index (χ0) is 13.6. The fourth-order valence-corrected chi connectivity index (χ4v) is 1.17. The van der Waals surface area contributed by atoms with Crippen LogP contribution in [-0.2, 0) is 15.0 Å². The van der Waals surface area contributed by atoms with E-state index in [2.05, 4.69) is 26.3 Å². The van der Waals surface area contributed by atoms with Gasteiger partial charge in [-0.3, -0.25) is 9.87 Å². The van der Waals surface area contributed by atoms with Crippen LogP contribution in [0.4, 0.5) is 16.2 Å². The van der Waals surface area contributed by atoms with Crippen LogP contribution in [0.3, 0.4) is 0 Å². The lowest BCUT2D eigenvalue weighted by Crippen LogP contribution is -2.09. The van der Waals surface area contributed by atoms with Gasteiger partial charge in [-0.15, -0.1) is 5.11 Å². The molecule has 0 saturated heterocycles. The van der Waals surface area contributed by atoms with Gasteiger partial charge in [0.15, 0.2) is 0 Å². The van der Waals surface area contributed by atoms with Crippen molar-refractivity contribution in [3.8, 4) is 0 Å². The number of carbonyl (C=O) groups is 1. The van der Waals surface area contributed by atoms with Crippen LogP contribution < -0.4 is 5.32 Å². The Kier molecular flexibility index (Phi) is 4.52. The minimum atomic E-state index is -4.53. The van der Waals surface area contributed by atoms with Crippen LogP contribution in [0.15, 0.2) is 46.7 Å². The van der Waals surface area contributed by atoms with Gasteiger partial charge in [-0.2, -0.15) is 8.42 Å². The molecule has 0 heterocycles. The number of nitrogens with zero attached hydrogens (tertiary/aromatic N) is 2. The Morgan fingerprint density at radius 2 is 2.22 bits per heavy atom. The third-order valence-electron chi connectivity index (χ3n) is 1.54. The van der Waals surface area contributed by atoms with Crippen LogP contribution in [0.2, 0.25) is 0 Å². The fraction of sp³-hybridized carbons (Fsp3) is 0. The van der Waals surface area contributed by atoms with Crippen molar-refractivity contribution < 1.29 is 22.5 Å². The van der Waals surface area contributed by atoms with Gasteiger partial charge in [0.1, 0.15) is 0 Å². The number of nitrogens with one attached hydrogen (secondary N) is 1. The van der Waals surface area contributed by atoms with Gasteiger partial charge >= 0.3 is 16.4 Å². The molecule has 0 fully saturated rings. The Hall–Kier alpha value is -2.26. The first-order valence-electron chi connectivity index (χ1n) is 4.50. The Morgan fingerprint density at radius 1 is 1.50 bits per heavy atom. The van der Waals surface area contributed by atoms with Gasteiger partial charge in [-0.1, -0.05) is 12.6 Å². The second-order valence-corrected chi connectivity index (χ2v) is 3.94. The Bertz CT molecular complexity index is 582. The summed E-state index contributed by atoms with van der Waals surface area (Å²) in [7, 11) is -4.53. The molecule has 1 rings (SSSR count). The molecule has 18 heavy (non-hydrogen) atoms. The molecule has 0 atom stereocenters. The second-order valence-electron chi connectivity index (χ2n) is 2.88. The monoisotopic (exact) mass is 271 g/mol. The lowest BCUT2D eigenvalue weighted by molar-refractivity contribution is 0.201. The van der Waals surface area contributed by atoms with E-state index in [4.69, 9.17) is 4.55 Å². The number of carbonyl (C=O) groups excluding carboxylic acids is 1. The van der Waals surface area contributed by atoms with E-state index in [1.807, 2.05) is 0 Å². The van der Waals surface area contributed by atoms with E-state index in [0.717, 1.165) is 6.26 Å². The molecule has 0 aliphatic carbocycles. The molecule has 0 unspecified atom stereocenters. The van der Waals surface area contributed by atoms with Crippen LogP contribution in [0.25, 0.3) is 0 Å². The standard InChI is InChI=1S/C9H9N3O5S/c1-2-17-9(13)10-7-4-3-5-8(6-7)11-12-18(14,15)16/h2-6H,1H2,(H,10,13)(H,14,15,16)/b12-11-. The molecule has 0 aromatic heterocycles. The Labute approximate surface area is 103 Å². The van der Waals surface area contributed by atoms with Crippen LogP contribution >= 0.6 is 0 Å². The Morgan fingerprint density at radius 3 is 2.83 bits per heavy atom. The number of benzene rings is 1. The lowest BCUT2D eigenvalue weighted by atomic mass is 10.3. The molecule has 8 nitrogen and oxygen atoms in total. The summed E-state index contributed by atoms with van der Waals surface area (Å²) >= 11 is 0. The van der Waals surface area contributed by atoms with E-state index in [9.17, 15) is 13.2 Å². The molecule has 0 aliphatic rings. The molecule has 96 valence electrons. The van der Waals surface area contributed by atoms with Gasteiger partial charge in [0.05, 0.1) is 11.9 Å². The molecule has 0 spiro atoms. The van der Waals surface area contributed by atoms with Gasteiger partial charge in [0, 0.05) is 5.69 Å². The van der Waals surface area contributed by atoms with Crippen LogP contribution in [0, 0.1) is 0 Å². The van der Waals surface area contributed by atoms with E-state index >= 15 is 0 Å². The predicted molar refractivity (Wildman–Crippen MR) is 62.8 cm³/mol. The van der Waals surface area contributed by atoms with E-state index in [-0.39, 0.29) is 5.69 Å². The minimum absolute atomic E-state index is 0.129.